The van der Waals surface area contributed by atoms with E-state index in [4.69, 9.17) is 10.00 Å². The number of hydrogen-bond acceptors (Lipinski definition) is 4. The van der Waals surface area contributed by atoms with Gasteiger partial charge in [0.05, 0.1) is 0 Å². The average Bonchev–Trinajstić information content (AvgIpc) is 2.45. The van der Waals surface area contributed by atoms with Crippen LogP contribution in [0.5, 0.6) is 0 Å². The molecule has 0 radical (unpaired) electrons. The van der Waals surface area contributed by atoms with Gasteiger partial charge in [0.2, 0.25) is 0 Å². The minimum atomic E-state index is -0.365. The molecule has 1 amide bonds. The number of nitrogens with zero attached hydrogens (tertiary/aromatic N) is 2. The second-order valence-corrected chi connectivity index (χ2v) is 3.76. The van der Waals surface area contributed by atoms with E-state index in [-0.39, 0.29) is 11.5 Å². The van der Waals surface area contributed by atoms with E-state index < -0.39 is 0 Å². The van der Waals surface area contributed by atoms with Crippen molar-refractivity contribution < 1.29 is 9.53 Å². The number of aromatic nitrogens is 1. The van der Waals surface area contributed by atoms with E-state index in [1.807, 2.05) is 13.0 Å². The van der Waals surface area contributed by atoms with Gasteiger partial charge in [0.15, 0.2) is 0 Å². The van der Waals surface area contributed by atoms with Crippen LogP contribution in [0, 0.1) is 11.3 Å². The third kappa shape index (κ3) is 5.80. The predicted octanol–water partition coefficient (Wildman–Crippen LogP) is 1.53. The van der Waals surface area contributed by atoms with Crippen molar-refractivity contribution in [3.8, 4) is 6.07 Å². The number of nitrogens with one attached hydrogen (secondary N) is 1. The molecule has 0 aliphatic rings. The number of nitriles is 1. The minimum absolute atomic E-state index is 0.0857. The molecule has 100 valence electrons. The largest absolute Gasteiger partial charge is 0.382 e. The van der Waals surface area contributed by atoms with Crippen LogP contribution in [0.1, 0.15) is 18.9 Å². The summed E-state index contributed by atoms with van der Waals surface area (Å²) in [7, 11) is 0. The molecule has 0 saturated heterocycles. The van der Waals surface area contributed by atoms with Gasteiger partial charge in [-0.1, -0.05) is 0 Å². The van der Waals surface area contributed by atoms with Crippen LogP contribution >= 0.6 is 0 Å². The van der Waals surface area contributed by atoms with E-state index in [9.17, 15) is 4.79 Å². The molecular weight excluding hydrogens is 242 g/mol. The smallest absolute Gasteiger partial charge is 0.261 e. The third-order valence-electron chi connectivity index (χ3n) is 2.34. The Morgan fingerprint density at radius 1 is 1.53 bits per heavy atom. The quantitative estimate of drug-likeness (QED) is 0.458. The molecule has 1 aromatic heterocycles. The molecule has 0 fully saturated rings. The van der Waals surface area contributed by atoms with Crippen LogP contribution < -0.4 is 5.32 Å². The maximum Gasteiger partial charge on any atom is 0.261 e. The summed E-state index contributed by atoms with van der Waals surface area (Å²) < 4.78 is 5.16. The fourth-order valence-corrected chi connectivity index (χ4v) is 1.39. The maximum absolute atomic E-state index is 11.8. The number of pyridine rings is 1. The molecule has 1 aromatic rings. The van der Waals surface area contributed by atoms with Gasteiger partial charge in [-0.05, 0) is 37.1 Å². The summed E-state index contributed by atoms with van der Waals surface area (Å²) in [4.78, 5) is 15.6. The van der Waals surface area contributed by atoms with Gasteiger partial charge in [-0.3, -0.25) is 9.78 Å². The van der Waals surface area contributed by atoms with Crippen LogP contribution in [-0.2, 0) is 9.53 Å². The second-order valence-electron chi connectivity index (χ2n) is 3.76. The Balaban J connectivity index is 2.49. The first-order valence-corrected chi connectivity index (χ1v) is 6.15. The first-order valence-electron chi connectivity index (χ1n) is 6.15. The van der Waals surface area contributed by atoms with E-state index >= 15 is 0 Å². The topological polar surface area (TPSA) is 75.0 Å². The number of rotatable bonds is 7. The lowest BCUT2D eigenvalue weighted by molar-refractivity contribution is -0.117. The highest BCUT2D eigenvalue weighted by atomic mass is 16.5. The number of hydrogen-bond donors (Lipinski definition) is 1. The van der Waals surface area contributed by atoms with Crippen molar-refractivity contribution in [1.82, 2.24) is 10.3 Å². The Morgan fingerprint density at radius 3 is 2.89 bits per heavy atom. The summed E-state index contributed by atoms with van der Waals surface area (Å²) in [6.45, 7) is 3.68. The van der Waals surface area contributed by atoms with E-state index in [1.54, 1.807) is 30.6 Å². The molecule has 0 atom stereocenters. The molecule has 0 saturated carbocycles. The van der Waals surface area contributed by atoms with Crippen molar-refractivity contribution in [3.63, 3.8) is 0 Å². The van der Waals surface area contributed by atoms with Crippen molar-refractivity contribution in [1.29, 1.82) is 5.26 Å². The molecular formula is C14H17N3O2. The molecule has 0 bridgehead atoms. The zero-order valence-corrected chi connectivity index (χ0v) is 10.9. The van der Waals surface area contributed by atoms with Crippen LogP contribution in [0.3, 0.4) is 0 Å². The SMILES string of the molecule is CCOCCCNC(=O)/C(C#N)=C/c1ccncc1. The lowest BCUT2D eigenvalue weighted by Crippen LogP contribution is -2.26. The third-order valence-corrected chi connectivity index (χ3v) is 2.34. The number of ether oxygens (including phenoxy) is 1. The highest BCUT2D eigenvalue weighted by Gasteiger charge is 2.07. The Kier molecular flexibility index (Phi) is 6.92. The number of amides is 1. The van der Waals surface area contributed by atoms with Gasteiger partial charge in [0, 0.05) is 32.2 Å². The lowest BCUT2D eigenvalue weighted by Gasteiger charge is -2.04. The van der Waals surface area contributed by atoms with Crippen LogP contribution in [0.15, 0.2) is 30.1 Å². The first-order chi connectivity index (χ1) is 9.27. The summed E-state index contributed by atoms with van der Waals surface area (Å²) >= 11 is 0. The number of carbonyl (C=O) groups excluding carboxylic acids is 1. The van der Waals surface area contributed by atoms with Crippen molar-refractivity contribution >= 4 is 12.0 Å². The van der Waals surface area contributed by atoms with E-state index in [0.29, 0.717) is 19.8 Å². The normalized spacial score (nSPS) is 10.8. The molecule has 1 rings (SSSR count). The number of carbonyl (C=O) groups is 1. The predicted molar refractivity (Wildman–Crippen MR) is 71.9 cm³/mol. The van der Waals surface area contributed by atoms with Gasteiger partial charge >= 0.3 is 0 Å². The van der Waals surface area contributed by atoms with Gasteiger partial charge in [0.25, 0.3) is 5.91 Å². The zero-order valence-electron chi connectivity index (χ0n) is 10.9. The van der Waals surface area contributed by atoms with Gasteiger partial charge < -0.3 is 10.1 Å². The summed E-state index contributed by atoms with van der Waals surface area (Å²) in [5.74, 6) is -0.365. The molecule has 1 N–H and O–H groups in total. The van der Waals surface area contributed by atoms with Crippen molar-refractivity contribution in [2.75, 3.05) is 19.8 Å². The summed E-state index contributed by atoms with van der Waals surface area (Å²) in [6, 6.07) is 5.37. The minimum Gasteiger partial charge on any atom is -0.382 e. The fourth-order valence-electron chi connectivity index (χ4n) is 1.39. The first kappa shape index (κ1) is 14.9. The van der Waals surface area contributed by atoms with Gasteiger partial charge in [0.1, 0.15) is 11.6 Å². The molecule has 5 heteroatoms. The van der Waals surface area contributed by atoms with Crippen molar-refractivity contribution in [2.24, 2.45) is 0 Å². The van der Waals surface area contributed by atoms with Gasteiger partial charge in [-0.2, -0.15) is 5.26 Å². The van der Waals surface area contributed by atoms with E-state index in [2.05, 4.69) is 10.3 Å². The average molecular weight is 259 g/mol. The maximum atomic E-state index is 11.8. The summed E-state index contributed by atoms with van der Waals surface area (Å²) in [5, 5.41) is 11.7. The molecule has 0 aromatic carbocycles. The van der Waals surface area contributed by atoms with Crippen LogP contribution in [0.4, 0.5) is 0 Å². The summed E-state index contributed by atoms with van der Waals surface area (Å²) in [5.41, 5.74) is 0.860. The van der Waals surface area contributed by atoms with Crippen molar-refractivity contribution in [3.05, 3.63) is 35.7 Å². The van der Waals surface area contributed by atoms with Crippen molar-refractivity contribution in [2.45, 2.75) is 13.3 Å². The Hall–Kier alpha value is -2.19. The fraction of sp³-hybridized carbons (Fsp3) is 0.357. The van der Waals surface area contributed by atoms with Crippen LogP contribution in [-0.4, -0.2) is 30.6 Å². The van der Waals surface area contributed by atoms with E-state index in [0.717, 1.165) is 12.0 Å². The molecule has 0 spiro atoms. The lowest BCUT2D eigenvalue weighted by atomic mass is 10.1. The Morgan fingerprint density at radius 2 is 2.26 bits per heavy atom. The molecule has 0 aliphatic heterocycles. The molecule has 19 heavy (non-hydrogen) atoms. The monoisotopic (exact) mass is 259 g/mol. The standard InChI is InChI=1S/C14H17N3O2/c1-2-19-9-3-6-17-14(18)13(11-15)10-12-4-7-16-8-5-12/h4-5,7-8,10H,2-3,6,9H2,1H3,(H,17,18)/b13-10+. The van der Waals surface area contributed by atoms with Gasteiger partial charge in [-0.25, -0.2) is 0 Å². The van der Waals surface area contributed by atoms with Crippen LogP contribution in [0.25, 0.3) is 6.08 Å². The molecule has 1 heterocycles. The summed E-state index contributed by atoms with van der Waals surface area (Å²) in [6.07, 6.45) is 5.49. The zero-order chi connectivity index (χ0) is 13.9. The Labute approximate surface area is 112 Å². The molecule has 0 aliphatic carbocycles. The highest BCUT2D eigenvalue weighted by Crippen LogP contribution is 2.04. The van der Waals surface area contributed by atoms with E-state index in [1.165, 1.54) is 0 Å². The van der Waals surface area contributed by atoms with Gasteiger partial charge in [-0.15, -0.1) is 0 Å². The van der Waals surface area contributed by atoms with Crippen LogP contribution in [0.2, 0.25) is 0 Å². The highest BCUT2D eigenvalue weighted by molar-refractivity contribution is 6.01. The molecule has 5 nitrogen and oxygen atoms in total. The molecule has 0 unspecified atom stereocenters. The second kappa shape index (κ2) is 8.84. The Bertz CT molecular complexity index is 463.